The Kier molecular flexibility index (Phi) is 19.6. The van der Waals surface area contributed by atoms with Gasteiger partial charge in [-0.05, 0) is 69.2 Å². The number of phenolic OH excluding ortho intramolecular Hbond substituents is 1. The molecular weight excluding hydrogens is 789 g/mol. The number of nitrogens with zero attached hydrogens (tertiary/aromatic N) is 3. The number of aliphatic imine (C=N–C) groups is 1. The molecule has 2 aromatic rings. The molecule has 0 saturated carbocycles. The van der Waals surface area contributed by atoms with Gasteiger partial charge in [-0.2, -0.15) is 0 Å². The first-order valence-corrected chi connectivity index (χ1v) is 20.7. The van der Waals surface area contributed by atoms with E-state index >= 15 is 0 Å². The van der Waals surface area contributed by atoms with Crippen LogP contribution in [0.2, 0.25) is 0 Å². The standard InChI is InChI=1S/C41H64N12O8/c1-7-24(4)35(39(60)50-31(19-27-20-45-22-47-27)40(61)53-17-9-11-32(53)25(5)54)52-37(58)30(18-26-12-14-28(55)15-13-26)49-38(59)34(23(2)3)51-36(57)29(48-33(56)21-44-6)10-8-16-46-41(42)43/h12-15,20,22-24,29-32,34-35,44,55H,7-11,16-19,21H2,1-6H3,(H,45,47)(H,48,56)(H,49,59)(H,50,60)(H,51,57)(H,52,58)(H4,42,43,46)/t24-,29-,30-,31-,32-,34-,35-/m0/s1. The van der Waals surface area contributed by atoms with Gasteiger partial charge in [0.2, 0.25) is 35.4 Å². The Bertz CT molecular complexity index is 1820. The number of amides is 6. The molecule has 7 atom stereocenters. The lowest BCUT2D eigenvalue weighted by Crippen LogP contribution is -2.61. The number of benzene rings is 1. The van der Waals surface area contributed by atoms with Gasteiger partial charge in [-0.15, -0.1) is 0 Å². The summed E-state index contributed by atoms with van der Waals surface area (Å²) >= 11 is 0. The molecule has 1 fully saturated rings. The first-order chi connectivity index (χ1) is 28.9. The molecule has 1 aliphatic rings. The number of aromatic hydroxyl groups is 1. The molecule has 336 valence electrons. The number of rotatable bonds is 24. The highest BCUT2D eigenvalue weighted by atomic mass is 16.3. The van der Waals surface area contributed by atoms with Crippen LogP contribution in [-0.4, -0.2) is 130 Å². The number of likely N-dealkylation sites (tertiary alicyclic amines) is 1. The monoisotopic (exact) mass is 852 g/mol. The number of imidazole rings is 1. The molecule has 0 radical (unpaired) electrons. The zero-order valence-corrected chi connectivity index (χ0v) is 36.0. The van der Waals surface area contributed by atoms with E-state index in [0.717, 1.165) is 0 Å². The Hall–Kier alpha value is -6.05. The van der Waals surface area contributed by atoms with Crippen molar-refractivity contribution >= 4 is 47.2 Å². The van der Waals surface area contributed by atoms with E-state index in [2.05, 4.69) is 46.9 Å². The molecule has 0 unspecified atom stereocenters. The first-order valence-electron chi connectivity index (χ1n) is 20.7. The van der Waals surface area contributed by atoms with Crippen molar-refractivity contribution in [2.75, 3.05) is 26.7 Å². The summed E-state index contributed by atoms with van der Waals surface area (Å²) in [5.74, 6) is -4.82. The smallest absolute Gasteiger partial charge is 0.246 e. The largest absolute Gasteiger partial charge is 0.508 e. The van der Waals surface area contributed by atoms with E-state index in [-0.39, 0.29) is 49.8 Å². The minimum absolute atomic E-state index is 0.0117. The molecule has 2 heterocycles. The Morgan fingerprint density at radius 2 is 1.52 bits per heavy atom. The molecule has 1 saturated heterocycles. The maximum atomic E-state index is 14.3. The Balaban J connectivity index is 1.89. The fourth-order valence-electron chi connectivity index (χ4n) is 6.99. The van der Waals surface area contributed by atoms with Gasteiger partial charge in [-0.3, -0.25) is 38.6 Å². The SMILES string of the molecule is CC[C@H](C)[C@H](NC(=O)[C@H](Cc1ccc(O)cc1)NC(=O)[C@@H](NC(=O)[C@H](CCCN=C(N)N)NC(=O)CNC)C(C)C)C(=O)N[C@@H](Cc1cnc[nH]1)C(=O)N1CCC[C@H]1C(C)=O. The molecule has 0 bridgehead atoms. The Morgan fingerprint density at radius 1 is 0.885 bits per heavy atom. The van der Waals surface area contributed by atoms with Gasteiger partial charge in [-0.25, -0.2) is 4.98 Å². The average molecular weight is 853 g/mol. The molecule has 12 N–H and O–H groups in total. The number of guanidine groups is 1. The van der Waals surface area contributed by atoms with Gasteiger partial charge in [0.1, 0.15) is 36.0 Å². The summed E-state index contributed by atoms with van der Waals surface area (Å²) in [6, 6.07) is -0.345. The molecule has 1 aliphatic heterocycles. The number of nitrogens with one attached hydrogen (secondary N) is 7. The van der Waals surface area contributed by atoms with Crippen LogP contribution in [0.15, 0.2) is 41.8 Å². The Morgan fingerprint density at radius 3 is 2.11 bits per heavy atom. The van der Waals surface area contributed by atoms with Crippen molar-refractivity contribution in [1.82, 2.24) is 46.8 Å². The minimum Gasteiger partial charge on any atom is -0.508 e. The number of ketones is 1. The number of nitrogens with two attached hydrogens (primary N) is 2. The highest BCUT2D eigenvalue weighted by Crippen LogP contribution is 2.21. The number of aromatic nitrogens is 2. The third kappa shape index (κ3) is 15.5. The van der Waals surface area contributed by atoms with Crippen LogP contribution in [-0.2, 0) is 46.4 Å². The van der Waals surface area contributed by atoms with Gasteiger partial charge < -0.3 is 58.4 Å². The van der Waals surface area contributed by atoms with Crippen LogP contribution in [0.5, 0.6) is 5.75 Å². The van der Waals surface area contributed by atoms with E-state index in [4.69, 9.17) is 11.5 Å². The fourth-order valence-corrected chi connectivity index (χ4v) is 6.99. The summed E-state index contributed by atoms with van der Waals surface area (Å²) in [7, 11) is 1.58. The van der Waals surface area contributed by atoms with E-state index in [0.29, 0.717) is 43.5 Å². The minimum atomic E-state index is -1.29. The highest BCUT2D eigenvalue weighted by molar-refractivity contribution is 5.97. The molecule has 61 heavy (non-hydrogen) atoms. The lowest BCUT2D eigenvalue weighted by Gasteiger charge is -2.31. The molecule has 20 heteroatoms. The quantitative estimate of drug-likeness (QED) is 0.0341. The number of likely N-dealkylation sites (N-methyl/N-ethyl adjacent to an activating group) is 1. The third-order valence-corrected chi connectivity index (χ3v) is 10.6. The molecule has 3 rings (SSSR count). The number of aromatic amines is 1. The Labute approximate surface area is 356 Å². The summed E-state index contributed by atoms with van der Waals surface area (Å²) in [5.41, 5.74) is 12.0. The maximum absolute atomic E-state index is 14.3. The van der Waals surface area contributed by atoms with Crippen molar-refractivity contribution in [3.63, 3.8) is 0 Å². The van der Waals surface area contributed by atoms with Crippen LogP contribution < -0.4 is 43.4 Å². The lowest BCUT2D eigenvalue weighted by molar-refractivity contribution is -0.141. The second kappa shape index (κ2) is 24.3. The van der Waals surface area contributed by atoms with Gasteiger partial charge in [0.25, 0.3) is 0 Å². The molecule has 1 aromatic heterocycles. The molecule has 0 spiro atoms. The van der Waals surface area contributed by atoms with Crippen molar-refractivity contribution in [1.29, 1.82) is 0 Å². The van der Waals surface area contributed by atoms with E-state index in [1.807, 2.05) is 6.92 Å². The summed E-state index contributed by atoms with van der Waals surface area (Å²) in [6.07, 6.45) is 5.05. The molecule has 6 amide bonds. The molecule has 0 aliphatic carbocycles. The number of Topliss-reactive ketones (excluding diaryl/α,β-unsaturated/α-hetero) is 1. The van der Waals surface area contributed by atoms with Crippen LogP contribution in [0.25, 0.3) is 0 Å². The number of carbonyl (C=O) groups excluding carboxylic acids is 7. The third-order valence-electron chi connectivity index (χ3n) is 10.6. The van der Waals surface area contributed by atoms with Gasteiger partial charge in [0.15, 0.2) is 11.7 Å². The number of hydrogen-bond donors (Lipinski definition) is 10. The van der Waals surface area contributed by atoms with E-state index in [1.54, 1.807) is 40.0 Å². The zero-order valence-electron chi connectivity index (χ0n) is 36.0. The summed E-state index contributed by atoms with van der Waals surface area (Å²) in [6.45, 7) is 8.94. The van der Waals surface area contributed by atoms with Crippen molar-refractivity contribution < 1.29 is 38.7 Å². The van der Waals surface area contributed by atoms with E-state index in [9.17, 15) is 38.7 Å². The fraction of sp³-hybridized carbons (Fsp3) is 0.585. The molecule has 1 aromatic carbocycles. The van der Waals surface area contributed by atoms with Crippen LogP contribution >= 0.6 is 0 Å². The summed E-state index contributed by atoms with van der Waals surface area (Å²) in [4.78, 5) is 108. The maximum Gasteiger partial charge on any atom is 0.246 e. The second-order valence-electron chi connectivity index (χ2n) is 15.8. The number of carbonyl (C=O) groups is 7. The van der Waals surface area contributed by atoms with Crippen LogP contribution in [0.1, 0.15) is 78.0 Å². The van der Waals surface area contributed by atoms with Gasteiger partial charge in [-0.1, -0.05) is 46.2 Å². The lowest BCUT2D eigenvalue weighted by atomic mass is 9.96. The predicted octanol–water partition coefficient (Wildman–Crippen LogP) is -1.12. The van der Waals surface area contributed by atoms with E-state index in [1.165, 1.54) is 36.5 Å². The number of hydrogen-bond acceptors (Lipinski definition) is 11. The van der Waals surface area contributed by atoms with Crippen molar-refractivity contribution in [2.24, 2.45) is 28.3 Å². The summed E-state index contributed by atoms with van der Waals surface area (Å²) < 4.78 is 0. The normalized spacial score (nSPS) is 16.6. The van der Waals surface area contributed by atoms with Crippen LogP contribution in [0.4, 0.5) is 0 Å². The van der Waals surface area contributed by atoms with E-state index < -0.39 is 83.5 Å². The number of phenols is 1. The molecular formula is C41H64N12O8. The molecule has 20 nitrogen and oxygen atoms in total. The van der Waals surface area contributed by atoms with Gasteiger partial charge >= 0.3 is 0 Å². The van der Waals surface area contributed by atoms with Crippen molar-refractivity contribution in [3.05, 3.63) is 48.0 Å². The van der Waals surface area contributed by atoms with Crippen molar-refractivity contribution in [3.8, 4) is 5.75 Å². The topological polar surface area (TPSA) is 308 Å². The summed E-state index contributed by atoms with van der Waals surface area (Å²) in [5, 5.41) is 26.5. The van der Waals surface area contributed by atoms with Crippen LogP contribution in [0, 0.1) is 11.8 Å². The van der Waals surface area contributed by atoms with Gasteiger partial charge in [0.05, 0.1) is 18.9 Å². The first kappa shape index (κ1) is 49.3. The predicted molar refractivity (Wildman–Crippen MR) is 227 cm³/mol. The highest BCUT2D eigenvalue weighted by Gasteiger charge is 2.39. The zero-order chi connectivity index (χ0) is 45.2. The second-order valence-corrected chi connectivity index (χ2v) is 15.8. The van der Waals surface area contributed by atoms with Crippen LogP contribution in [0.3, 0.4) is 0 Å². The van der Waals surface area contributed by atoms with Gasteiger partial charge in [0, 0.05) is 37.8 Å². The number of H-pyrrole nitrogens is 1. The van der Waals surface area contributed by atoms with Crippen molar-refractivity contribution in [2.45, 2.75) is 116 Å². The average Bonchev–Trinajstić information content (AvgIpc) is 3.93.